The Bertz CT molecular complexity index is 882. The summed E-state index contributed by atoms with van der Waals surface area (Å²) >= 11 is 0. The van der Waals surface area contributed by atoms with Crippen LogP contribution in [-0.4, -0.2) is 37.5 Å². The summed E-state index contributed by atoms with van der Waals surface area (Å²) in [6, 6.07) is 10.6. The maximum Gasteiger partial charge on any atom is 0.302 e. The van der Waals surface area contributed by atoms with E-state index < -0.39 is 16.3 Å². The molecule has 1 unspecified atom stereocenters. The first-order valence-electron chi connectivity index (χ1n) is 7.24. The van der Waals surface area contributed by atoms with Gasteiger partial charge in [-0.1, -0.05) is 18.2 Å². The third-order valence-corrected chi connectivity index (χ3v) is 5.27. The molecular formula is C16H16N2O5S. The number of anilines is 1. The monoisotopic (exact) mass is 348 g/mol. The quantitative estimate of drug-likeness (QED) is 0.712. The van der Waals surface area contributed by atoms with E-state index in [9.17, 15) is 23.4 Å². The number of carbonyl (C=O) groups excluding carboxylic acids is 1. The van der Waals surface area contributed by atoms with Gasteiger partial charge in [-0.2, -0.15) is 13.1 Å². The highest BCUT2D eigenvalue weighted by Crippen LogP contribution is 2.32. The van der Waals surface area contributed by atoms with Crippen LogP contribution in [0.25, 0.3) is 0 Å². The molecule has 2 aromatic rings. The molecule has 0 radical (unpaired) electrons. The lowest BCUT2D eigenvalue weighted by atomic mass is 10.0. The van der Waals surface area contributed by atoms with E-state index in [4.69, 9.17) is 0 Å². The van der Waals surface area contributed by atoms with Gasteiger partial charge in [-0.05, 0) is 41.8 Å². The van der Waals surface area contributed by atoms with Gasteiger partial charge in [0.25, 0.3) is 0 Å². The van der Waals surface area contributed by atoms with Crippen LogP contribution in [0.3, 0.4) is 0 Å². The van der Waals surface area contributed by atoms with Crippen molar-refractivity contribution in [3.8, 4) is 11.5 Å². The molecule has 126 valence electrons. The molecule has 1 heterocycles. The summed E-state index contributed by atoms with van der Waals surface area (Å²) in [6.07, 6.45) is 0.995. The maximum absolute atomic E-state index is 12.0. The fraction of sp³-hybridized carbons (Fsp3) is 0.188. The number of aromatic hydroxyl groups is 2. The largest absolute Gasteiger partial charge is 0.508 e. The number of benzene rings is 2. The average Bonchev–Trinajstić information content (AvgIpc) is 2.82. The summed E-state index contributed by atoms with van der Waals surface area (Å²) < 4.78 is 27.2. The zero-order valence-corrected chi connectivity index (χ0v) is 13.4. The van der Waals surface area contributed by atoms with Crippen molar-refractivity contribution in [3.63, 3.8) is 0 Å². The molecule has 0 bridgehead atoms. The van der Waals surface area contributed by atoms with Gasteiger partial charge >= 0.3 is 10.2 Å². The number of nitrogens with one attached hydrogen (secondary N) is 1. The molecule has 8 heteroatoms. The lowest BCUT2D eigenvalue weighted by molar-refractivity contribution is -0.108. The molecule has 3 N–H and O–H groups in total. The summed E-state index contributed by atoms with van der Waals surface area (Å²) in [4.78, 5) is 10.8. The van der Waals surface area contributed by atoms with Crippen molar-refractivity contribution >= 4 is 22.2 Å². The molecule has 1 atom stereocenters. The van der Waals surface area contributed by atoms with Crippen LogP contribution in [-0.2, 0) is 21.4 Å². The second-order valence-electron chi connectivity index (χ2n) is 5.57. The van der Waals surface area contributed by atoms with Gasteiger partial charge in [-0.25, -0.2) is 0 Å². The fourth-order valence-electron chi connectivity index (χ4n) is 2.66. The zero-order valence-electron chi connectivity index (χ0n) is 12.6. The summed E-state index contributed by atoms with van der Waals surface area (Å²) in [6.45, 7) is -0.0642. The molecule has 1 aliphatic heterocycles. The number of nitrogens with zero attached hydrogens (tertiary/aromatic N) is 1. The first kappa shape index (κ1) is 16.3. The Hall–Kier alpha value is -2.58. The number of rotatable bonds is 4. The van der Waals surface area contributed by atoms with Gasteiger partial charge in [0.1, 0.15) is 17.8 Å². The minimum atomic E-state index is -3.84. The molecule has 1 aliphatic rings. The molecule has 0 spiro atoms. The van der Waals surface area contributed by atoms with Crippen LogP contribution in [0.5, 0.6) is 11.5 Å². The van der Waals surface area contributed by atoms with Gasteiger partial charge in [0.2, 0.25) is 0 Å². The van der Waals surface area contributed by atoms with Gasteiger partial charge in [-0.3, -0.25) is 4.31 Å². The Morgan fingerprint density at radius 2 is 1.92 bits per heavy atom. The minimum Gasteiger partial charge on any atom is -0.508 e. The zero-order chi connectivity index (χ0) is 17.3. The van der Waals surface area contributed by atoms with Gasteiger partial charge in [0.15, 0.2) is 0 Å². The second kappa shape index (κ2) is 6.14. The molecule has 0 saturated carbocycles. The third-order valence-electron chi connectivity index (χ3n) is 3.74. The molecule has 2 aromatic carbocycles. The fourth-order valence-corrected chi connectivity index (χ4v) is 4.07. The Labute approximate surface area is 139 Å². The van der Waals surface area contributed by atoms with E-state index in [0.29, 0.717) is 12.7 Å². The molecule has 0 aromatic heterocycles. The van der Waals surface area contributed by atoms with Crippen LogP contribution < -0.4 is 9.03 Å². The Kier molecular flexibility index (Phi) is 4.16. The van der Waals surface area contributed by atoms with Crippen LogP contribution in [0.1, 0.15) is 11.1 Å². The first-order valence-corrected chi connectivity index (χ1v) is 8.68. The van der Waals surface area contributed by atoms with Crippen LogP contribution in [0.15, 0.2) is 42.5 Å². The van der Waals surface area contributed by atoms with Crippen LogP contribution in [0.4, 0.5) is 5.69 Å². The molecule has 1 fully saturated rings. The van der Waals surface area contributed by atoms with Gasteiger partial charge in [-0.15, -0.1) is 0 Å². The van der Waals surface area contributed by atoms with E-state index in [1.165, 1.54) is 12.1 Å². The number of aldehydes is 1. The molecule has 0 aliphatic carbocycles. The minimum absolute atomic E-state index is 0.0642. The smallest absolute Gasteiger partial charge is 0.302 e. The van der Waals surface area contributed by atoms with E-state index in [1.54, 1.807) is 24.3 Å². The SMILES string of the molecule is O=CC1CN(c2ccc(Cc3cccc(O)c3)cc2O)S(=O)(=O)N1. The summed E-state index contributed by atoms with van der Waals surface area (Å²) in [5, 5.41) is 19.7. The van der Waals surface area contributed by atoms with Crippen molar-refractivity contribution in [2.45, 2.75) is 12.5 Å². The van der Waals surface area contributed by atoms with E-state index >= 15 is 0 Å². The van der Waals surface area contributed by atoms with E-state index in [1.807, 2.05) is 6.07 Å². The summed E-state index contributed by atoms with van der Waals surface area (Å²) in [7, 11) is -3.84. The lowest BCUT2D eigenvalue weighted by Gasteiger charge is -2.17. The summed E-state index contributed by atoms with van der Waals surface area (Å²) in [5.41, 5.74) is 1.74. The molecule has 0 amide bonds. The number of phenolic OH excluding ortho intramolecular Hbond substituents is 2. The second-order valence-corrected chi connectivity index (χ2v) is 7.19. The molecule has 7 nitrogen and oxygen atoms in total. The van der Waals surface area contributed by atoms with Crippen molar-refractivity contribution in [3.05, 3.63) is 53.6 Å². The van der Waals surface area contributed by atoms with Crippen molar-refractivity contribution in [2.24, 2.45) is 0 Å². The number of carbonyl (C=O) groups is 1. The van der Waals surface area contributed by atoms with Crippen molar-refractivity contribution in [1.82, 2.24) is 4.72 Å². The molecule has 3 rings (SSSR count). The van der Waals surface area contributed by atoms with Gasteiger partial charge in [0, 0.05) is 0 Å². The molecule has 1 saturated heterocycles. The first-order chi connectivity index (χ1) is 11.4. The van der Waals surface area contributed by atoms with Crippen LogP contribution in [0, 0.1) is 0 Å². The predicted molar refractivity (Wildman–Crippen MR) is 88.3 cm³/mol. The van der Waals surface area contributed by atoms with Crippen LogP contribution in [0.2, 0.25) is 0 Å². The van der Waals surface area contributed by atoms with E-state index in [0.717, 1.165) is 15.4 Å². The van der Waals surface area contributed by atoms with Gasteiger partial charge in [0.05, 0.1) is 18.3 Å². The average molecular weight is 348 g/mol. The Morgan fingerprint density at radius 3 is 2.54 bits per heavy atom. The highest BCUT2D eigenvalue weighted by molar-refractivity contribution is 7.91. The Morgan fingerprint density at radius 1 is 1.17 bits per heavy atom. The van der Waals surface area contributed by atoms with Crippen molar-refractivity contribution < 1.29 is 23.4 Å². The topological polar surface area (TPSA) is 107 Å². The predicted octanol–water partition coefficient (Wildman–Crippen LogP) is 0.911. The van der Waals surface area contributed by atoms with Crippen molar-refractivity contribution in [1.29, 1.82) is 0 Å². The van der Waals surface area contributed by atoms with E-state index in [2.05, 4.69) is 4.72 Å². The lowest BCUT2D eigenvalue weighted by Crippen LogP contribution is -2.30. The standard InChI is InChI=1S/C16H16N2O5S/c19-10-13-9-18(24(22,23)17-13)15-5-4-12(8-16(15)21)6-11-2-1-3-14(20)7-11/h1-5,7-8,10,13,17,20-21H,6,9H2. The highest BCUT2D eigenvalue weighted by Gasteiger charge is 2.36. The highest BCUT2D eigenvalue weighted by atomic mass is 32.2. The third kappa shape index (κ3) is 3.19. The normalized spacial score (nSPS) is 19.3. The summed E-state index contributed by atoms with van der Waals surface area (Å²) in [5.74, 6) is -0.0351. The molecule has 24 heavy (non-hydrogen) atoms. The van der Waals surface area contributed by atoms with E-state index in [-0.39, 0.29) is 23.7 Å². The maximum atomic E-state index is 12.0. The number of hydrogen-bond acceptors (Lipinski definition) is 5. The Balaban J connectivity index is 1.86. The number of hydrogen-bond donors (Lipinski definition) is 3. The molecular weight excluding hydrogens is 332 g/mol. The van der Waals surface area contributed by atoms with Crippen LogP contribution >= 0.6 is 0 Å². The van der Waals surface area contributed by atoms with Crippen molar-refractivity contribution in [2.75, 3.05) is 10.8 Å². The van der Waals surface area contributed by atoms with Gasteiger partial charge < -0.3 is 15.0 Å². The number of phenols is 2.